The normalized spacial score (nSPS) is 12.6. The summed E-state index contributed by atoms with van der Waals surface area (Å²) in [7, 11) is 1.19. The van der Waals surface area contributed by atoms with Gasteiger partial charge >= 0.3 is 12.1 Å². The van der Waals surface area contributed by atoms with E-state index in [0.29, 0.717) is 5.56 Å². The average molecular weight is 514 g/mol. The van der Waals surface area contributed by atoms with Crippen LogP contribution in [0.4, 0.5) is 4.79 Å². The van der Waals surface area contributed by atoms with Gasteiger partial charge in [0.25, 0.3) is 0 Å². The molecule has 0 aromatic heterocycles. The first-order valence-electron chi connectivity index (χ1n) is 11.9. The van der Waals surface area contributed by atoms with Gasteiger partial charge in [-0.2, -0.15) is 0 Å². The van der Waals surface area contributed by atoms with Gasteiger partial charge in [-0.1, -0.05) is 42.5 Å². The number of carbonyl (C=O) groups is 4. The summed E-state index contributed by atoms with van der Waals surface area (Å²) in [6.07, 6.45) is -0.631. The summed E-state index contributed by atoms with van der Waals surface area (Å²) >= 11 is 0. The lowest BCUT2D eigenvalue weighted by molar-refractivity contribution is -0.144. The van der Waals surface area contributed by atoms with Gasteiger partial charge in [0.15, 0.2) is 0 Å². The summed E-state index contributed by atoms with van der Waals surface area (Å²) in [6.45, 7) is 6.51. The van der Waals surface area contributed by atoms with E-state index in [-0.39, 0.29) is 18.7 Å². The van der Waals surface area contributed by atoms with Crippen molar-refractivity contribution in [3.63, 3.8) is 0 Å². The Bertz CT molecular complexity index is 1080. The molecule has 2 aromatic rings. The van der Waals surface area contributed by atoms with Crippen LogP contribution in [0.5, 0.6) is 5.75 Å². The predicted molar refractivity (Wildman–Crippen MR) is 137 cm³/mol. The molecule has 0 radical (unpaired) electrons. The number of carbonyl (C=O) groups excluding carboxylic acids is 4. The van der Waals surface area contributed by atoms with Crippen molar-refractivity contribution < 1.29 is 33.8 Å². The van der Waals surface area contributed by atoms with Crippen LogP contribution in [-0.4, -0.2) is 65.7 Å². The van der Waals surface area contributed by atoms with Crippen LogP contribution in [0, 0.1) is 0 Å². The third-order valence-corrected chi connectivity index (χ3v) is 5.28. The standard InChI is InChI=1S/C27H35N3O7/c1-6-30(23(19-13-10-14-20(31)16-19)24(33)28-17-22(32)36-5)25(34)21(15-18-11-8-7-9-12-18)29-26(35)37-27(2,3)4/h7-14,16,21,23,31H,6,15,17H2,1-5H3,(H,28,33)(H,29,35). The van der Waals surface area contributed by atoms with Gasteiger partial charge in [-0.3, -0.25) is 14.4 Å². The minimum Gasteiger partial charge on any atom is -0.508 e. The predicted octanol–water partition coefficient (Wildman–Crippen LogP) is 2.71. The van der Waals surface area contributed by atoms with E-state index in [2.05, 4.69) is 15.4 Å². The second kappa shape index (κ2) is 13.3. The quantitative estimate of drug-likeness (QED) is 0.416. The molecule has 2 rings (SSSR count). The maximum Gasteiger partial charge on any atom is 0.408 e. The molecule has 0 heterocycles. The SMILES string of the molecule is CCN(C(=O)C(Cc1ccccc1)NC(=O)OC(C)(C)C)C(C(=O)NCC(=O)OC)c1cccc(O)c1. The maximum atomic E-state index is 13.9. The fourth-order valence-corrected chi connectivity index (χ4v) is 3.66. The molecule has 0 saturated carbocycles. The summed E-state index contributed by atoms with van der Waals surface area (Å²) in [5.41, 5.74) is 0.331. The third kappa shape index (κ3) is 9.14. The van der Waals surface area contributed by atoms with Crippen LogP contribution in [-0.2, 0) is 30.3 Å². The minimum absolute atomic E-state index is 0.0894. The molecule has 200 valence electrons. The number of nitrogens with zero attached hydrogens (tertiary/aromatic N) is 1. The van der Waals surface area contributed by atoms with Gasteiger partial charge in [0, 0.05) is 13.0 Å². The van der Waals surface area contributed by atoms with Gasteiger partial charge in [-0.15, -0.1) is 0 Å². The van der Waals surface area contributed by atoms with Crippen molar-refractivity contribution >= 4 is 23.9 Å². The summed E-state index contributed by atoms with van der Waals surface area (Å²) in [6, 6.07) is 12.8. The Kier molecular flexibility index (Phi) is 10.5. The molecular formula is C27H35N3O7. The van der Waals surface area contributed by atoms with Crippen LogP contribution < -0.4 is 10.6 Å². The molecule has 0 aliphatic heterocycles. The number of phenolic OH excluding ortho intramolecular Hbond substituents is 1. The van der Waals surface area contributed by atoms with Gasteiger partial charge in [0.05, 0.1) is 7.11 Å². The fraction of sp³-hybridized carbons (Fsp3) is 0.407. The highest BCUT2D eigenvalue weighted by atomic mass is 16.6. The summed E-state index contributed by atoms with van der Waals surface area (Å²) in [5, 5.41) is 15.2. The van der Waals surface area contributed by atoms with Crippen molar-refractivity contribution in [2.24, 2.45) is 0 Å². The molecule has 37 heavy (non-hydrogen) atoms. The smallest absolute Gasteiger partial charge is 0.408 e. The Balaban J connectivity index is 2.45. The van der Waals surface area contributed by atoms with Crippen molar-refractivity contribution in [1.82, 2.24) is 15.5 Å². The monoisotopic (exact) mass is 513 g/mol. The largest absolute Gasteiger partial charge is 0.508 e. The Morgan fingerprint density at radius 2 is 1.70 bits per heavy atom. The van der Waals surface area contributed by atoms with Crippen LogP contribution in [0.15, 0.2) is 54.6 Å². The Morgan fingerprint density at radius 1 is 1.03 bits per heavy atom. The van der Waals surface area contributed by atoms with Crippen LogP contribution >= 0.6 is 0 Å². The molecule has 2 atom stereocenters. The van der Waals surface area contributed by atoms with Crippen molar-refractivity contribution in [3.8, 4) is 5.75 Å². The van der Waals surface area contributed by atoms with Gasteiger partial charge < -0.3 is 30.1 Å². The molecule has 3 N–H and O–H groups in total. The number of likely N-dealkylation sites (N-methyl/N-ethyl adjacent to an activating group) is 1. The molecule has 0 aliphatic carbocycles. The van der Waals surface area contributed by atoms with E-state index in [9.17, 15) is 24.3 Å². The number of ether oxygens (including phenoxy) is 2. The van der Waals surface area contributed by atoms with Gasteiger partial charge in [-0.05, 0) is 51.0 Å². The molecule has 2 unspecified atom stereocenters. The zero-order valence-corrected chi connectivity index (χ0v) is 21.8. The molecule has 0 bridgehead atoms. The van der Waals surface area contributed by atoms with E-state index < -0.39 is 48.1 Å². The molecule has 10 heteroatoms. The number of phenols is 1. The number of benzene rings is 2. The number of hydrogen-bond donors (Lipinski definition) is 3. The number of methoxy groups -OCH3 is 1. The van der Waals surface area contributed by atoms with E-state index in [4.69, 9.17) is 4.74 Å². The lowest BCUT2D eigenvalue weighted by Gasteiger charge is -2.33. The van der Waals surface area contributed by atoms with E-state index in [0.717, 1.165) is 5.56 Å². The molecule has 0 fully saturated rings. The maximum absolute atomic E-state index is 13.9. The lowest BCUT2D eigenvalue weighted by Crippen LogP contribution is -2.54. The first-order chi connectivity index (χ1) is 17.4. The third-order valence-electron chi connectivity index (χ3n) is 5.28. The van der Waals surface area contributed by atoms with E-state index in [1.807, 2.05) is 30.3 Å². The van der Waals surface area contributed by atoms with Crippen LogP contribution in [0.3, 0.4) is 0 Å². The zero-order valence-electron chi connectivity index (χ0n) is 21.8. The highest BCUT2D eigenvalue weighted by molar-refractivity contribution is 5.93. The van der Waals surface area contributed by atoms with Crippen molar-refractivity contribution in [1.29, 1.82) is 0 Å². The number of aromatic hydroxyl groups is 1. The van der Waals surface area contributed by atoms with E-state index >= 15 is 0 Å². The Labute approximate surface area is 216 Å². The van der Waals surface area contributed by atoms with Crippen molar-refractivity contribution in [3.05, 3.63) is 65.7 Å². The minimum atomic E-state index is -1.20. The second-order valence-corrected chi connectivity index (χ2v) is 9.30. The summed E-state index contributed by atoms with van der Waals surface area (Å²) < 4.78 is 9.96. The Hall–Kier alpha value is -4.08. The van der Waals surface area contributed by atoms with Gasteiger partial charge in [0.1, 0.15) is 30.0 Å². The van der Waals surface area contributed by atoms with E-state index in [1.165, 1.54) is 24.1 Å². The highest BCUT2D eigenvalue weighted by Crippen LogP contribution is 2.26. The van der Waals surface area contributed by atoms with Crippen molar-refractivity contribution in [2.45, 2.75) is 51.8 Å². The highest BCUT2D eigenvalue weighted by Gasteiger charge is 2.36. The molecule has 10 nitrogen and oxygen atoms in total. The Morgan fingerprint density at radius 3 is 2.27 bits per heavy atom. The topological polar surface area (TPSA) is 134 Å². The molecular weight excluding hydrogens is 478 g/mol. The van der Waals surface area contributed by atoms with Gasteiger partial charge in [0.2, 0.25) is 11.8 Å². The zero-order chi connectivity index (χ0) is 27.6. The summed E-state index contributed by atoms with van der Waals surface area (Å²) in [5.74, 6) is -1.95. The average Bonchev–Trinajstić information content (AvgIpc) is 2.84. The number of amides is 3. The first kappa shape index (κ1) is 29.2. The molecule has 3 amide bonds. The summed E-state index contributed by atoms with van der Waals surface area (Å²) in [4.78, 5) is 52.7. The molecule has 0 aliphatic rings. The number of esters is 1. The van der Waals surface area contributed by atoms with Gasteiger partial charge in [-0.25, -0.2) is 4.79 Å². The van der Waals surface area contributed by atoms with E-state index in [1.54, 1.807) is 39.8 Å². The second-order valence-electron chi connectivity index (χ2n) is 9.30. The lowest BCUT2D eigenvalue weighted by atomic mass is 10.00. The van der Waals surface area contributed by atoms with Crippen molar-refractivity contribution in [2.75, 3.05) is 20.2 Å². The van der Waals surface area contributed by atoms with Crippen LogP contribution in [0.25, 0.3) is 0 Å². The fourth-order valence-electron chi connectivity index (χ4n) is 3.66. The molecule has 0 spiro atoms. The van der Waals surface area contributed by atoms with Crippen LogP contribution in [0.1, 0.15) is 44.9 Å². The molecule has 0 saturated heterocycles. The number of alkyl carbamates (subject to hydrolysis) is 1. The van der Waals surface area contributed by atoms with Crippen LogP contribution in [0.2, 0.25) is 0 Å². The molecule has 2 aromatic carbocycles. The number of hydrogen-bond acceptors (Lipinski definition) is 7. The number of rotatable bonds is 10. The first-order valence-corrected chi connectivity index (χ1v) is 11.9. The number of nitrogens with one attached hydrogen (secondary N) is 2.